The van der Waals surface area contributed by atoms with Gasteiger partial charge in [0.25, 0.3) is 0 Å². The normalized spacial score (nSPS) is 19.0. The van der Waals surface area contributed by atoms with E-state index in [1.807, 2.05) is 0 Å². The van der Waals surface area contributed by atoms with Crippen LogP contribution in [0.2, 0.25) is 0 Å². The van der Waals surface area contributed by atoms with Crippen LogP contribution in [-0.2, 0) is 28.9 Å². The van der Waals surface area contributed by atoms with Crippen molar-refractivity contribution in [1.82, 2.24) is 5.32 Å². The number of unbranched alkanes of at least 4 members (excludes halogenated alkanes) is 45. The van der Waals surface area contributed by atoms with Crippen molar-refractivity contribution in [3.8, 4) is 0 Å². The van der Waals surface area contributed by atoms with Gasteiger partial charge in [0.15, 0.2) is 6.29 Å². The molecule has 1 fully saturated rings. The summed E-state index contributed by atoms with van der Waals surface area (Å²) in [5.74, 6) is -0.221. The molecule has 6 N–H and O–H groups in total. The van der Waals surface area contributed by atoms with Crippen molar-refractivity contribution in [2.45, 2.75) is 371 Å². The summed E-state index contributed by atoms with van der Waals surface area (Å²) in [6, 6.07) is -0.853. The van der Waals surface area contributed by atoms with Gasteiger partial charge in [0.1, 0.15) is 24.4 Å². The topological polar surface area (TPSA) is 192 Å². The molecular weight excluding hydrogens is 955 g/mol. The molecule has 1 amide bonds. The molecule has 1 heterocycles. The molecular formula is C61H121NO11S. The van der Waals surface area contributed by atoms with Crippen LogP contribution in [-0.4, -0.2) is 95.4 Å². The zero-order valence-corrected chi connectivity index (χ0v) is 49.0. The van der Waals surface area contributed by atoms with E-state index in [1.54, 1.807) is 0 Å². The van der Waals surface area contributed by atoms with Crippen LogP contribution < -0.4 is 5.32 Å². The molecule has 1 rings (SSSR count). The van der Waals surface area contributed by atoms with Crippen LogP contribution >= 0.6 is 0 Å². The van der Waals surface area contributed by atoms with Crippen LogP contribution in [0.3, 0.4) is 0 Å². The first-order valence-corrected chi connectivity index (χ1v) is 33.3. The quantitative estimate of drug-likeness (QED) is 0.0251. The maximum Gasteiger partial charge on any atom is 0.397 e. The number of hydrogen-bond acceptors (Lipinski definition) is 10. The van der Waals surface area contributed by atoms with Gasteiger partial charge < -0.3 is 35.2 Å². The predicted molar refractivity (Wildman–Crippen MR) is 306 cm³/mol. The van der Waals surface area contributed by atoms with Crippen molar-refractivity contribution in [2.24, 2.45) is 0 Å². The maximum absolute atomic E-state index is 13.2. The van der Waals surface area contributed by atoms with Crippen molar-refractivity contribution in [3.05, 3.63) is 0 Å². The minimum atomic E-state index is -5.08. The maximum atomic E-state index is 13.2. The Kier molecular flexibility index (Phi) is 49.5. The summed E-state index contributed by atoms with van der Waals surface area (Å²) in [5.41, 5.74) is 0. The molecule has 0 saturated carbocycles. The van der Waals surface area contributed by atoms with Crippen molar-refractivity contribution in [3.63, 3.8) is 0 Å². The molecule has 0 aliphatic carbocycles. The highest BCUT2D eigenvalue weighted by Crippen LogP contribution is 2.26. The van der Waals surface area contributed by atoms with Crippen molar-refractivity contribution < 1.29 is 51.8 Å². The highest BCUT2D eigenvalue weighted by Gasteiger charge is 2.48. The Balaban J connectivity index is 2.23. The van der Waals surface area contributed by atoms with Crippen LogP contribution in [0.5, 0.6) is 0 Å². The molecule has 1 saturated heterocycles. The standard InChI is InChI=1S/C61H121NO11S/c1-3-5-7-9-11-13-15-17-19-21-22-23-24-25-26-27-28-29-30-31-32-33-35-37-39-41-43-45-47-49-51-57(65)62-54(53-71-61-59(67)60(73-74(68,69)70)58(66)56(52-63)72-61)55(64)50-48-46-44-42-40-38-36-34-20-18-16-14-12-10-8-6-4-2/h54-56,58-61,63-64,66-67H,3-53H2,1-2H3,(H,62,65)(H,68,69,70). The third-order valence-corrected chi connectivity index (χ3v) is 16.1. The number of rotatable bonds is 57. The van der Waals surface area contributed by atoms with Gasteiger partial charge in [-0.25, -0.2) is 4.18 Å². The highest BCUT2D eigenvalue weighted by molar-refractivity contribution is 7.80. The number of aliphatic hydroxyl groups is 4. The van der Waals surface area contributed by atoms with Crippen LogP contribution in [0.25, 0.3) is 0 Å². The summed E-state index contributed by atoms with van der Waals surface area (Å²) in [7, 11) is -5.08. The molecule has 13 heteroatoms. The minimum Gasteiger partial charge on any atom is -0.394 e. The second-order valence-corrected chi connectivity index (χ2v) is 23.8. The smallest absolute Gasteiger partial charge is 0.394 e. The zero-order chi connectivity index (χ0) is 54.0. The van der Waals surface area contributed by atoms with Crippen LogP contribution in [0.1, 0.15) is 328 Å². The molecule has 1 aliphatic rings. The van der Waals surface area contributed by atoms with Gasteiger partial charge >= 0.3 is 10.4 Å². The van der Waals surface area contributed by atoms with Gasteiger partial charge in [-0.2, -0.15) is 8.42 Å². The number of carbonyl (C=O) groups is 1. The van der Waals surface area contributed by atoms with E-state index in [9.17, 15) is 38.2 Å². The summed E-state index contributed by atoms with van der Waals surface area (Å²) < 4.78 is 48.0. The summed E-state index contributed by atoms with van der Waals surface area (Å²) >= 11 is 0. The summed E-state index contributed by atoms with van der Waals surface area (Å²) in [6.07, 6.45) is 52.7. The van der Waals surface area contributed by atoms with Gasteiger partial charge in [-0.3, -0.25) is 9.35 Å². The Morgan fingerprint density at radius 3 is 1.08 bits per heavy atom. The lowest BCUT2D eigenvalue weighted by Gasteiger charge is -2.41. The van der Waals surface area contributed by atoms with E-state index in [0.717, 1.165) is 51.4 Å². The first-order valence-electron chi connectivity index (χ1n) is 31.9. The molecule has 7 unspecified atom stereocenters. The molecule has 7 atom stereocenters. The molecule has 0 aromatic carbocycles. The van der Waals surface area contributed by atoms with Gasteiger partial charge in [-0.1, -0.05) is 309 Å². The van der Waals surface area contributed by atoms with Gasteiger partial charge in [0, 0.05) is 6.42 Å². The van der Waals surface area contributed by atoms with E-state index in [2.05, 4.69) is 23.3 Å². The molecule has 0 aromatic rings. The van der Waals surface area contributed by atoms with Gasteiger partial charge in [0.2, 0.25) is 5.91 Å². The Morgan fingerprint density at radius 1 is 0.486 bits per heavy atom. The second-order valence-electron chi connectivity index (χ2n) is 22.7. The molecule has 1 aliphatic heterocycles. The molecule has 74 heavy (non-hydrogen) atoms. The Labute approximate surface area is 456 Å². The van der Waals surface area contributed by atoms with Crippen LogP contribution in [0, 0.1) is 0 Å². The summed E-state index contributed by atoms with van der Waals surface area (Å²) in [6.45, 7) is 3.51. The zero-order valence-electron chi connectivity index (χ0n) is 48.2. The number of carbonyl (C=O) groups excluding carboxylic acids is 1. The van der Waals surface area contributed by atoms with E-state index in [-0.39, 0.29) is 12.5 Å². The Bertz CT molecular complexity index is 1310. The molecule has 0 radical (unpaired) electrons. The molecule has 0 bridgehead atoms. The van der Waals surface area contributed by atoms with E-state index >= 15 is 0 Å². The average molecular weight is 1080 g/mol. The minimum absolute atomic E-state index is 0.221. The fraction of sp³-hybridized carbons (Fsp3) is 0.984. The first-order chi connectivity index (χ1) is 36.0. The monoisotopic (exact) mass is 1080 g/mol. The number of ether oxygens (including phenoxy) is 2. The van der Waals surface area contributed by atoms with E-state index < -0.39 is 59.9 Å². The largest absolute Gasteiger partial charge is 0.397 e. The summed E-state index contributed by atoms with van der Waals surface area (Å²) in [5, 5.41) is 45.2. The van der Waals surface area contributed by atoms with E-state index in [1.165, 1.54) is 250 Å². The number of hydrogen-bond donors (Lipinski definition) is 6. The van der Waals surface area contributed by atoms with E-state index in [0.29, 0.717) is 12.8 Å². The number of amides is 1. The van der Waals surface area contributed by atoms with E-state index in [4.69, 9.17) is 9.47 Å². The van der Waals surface area contributed by atoms with Crippen molar-refractivity contribution in [2.75, 3.05) is 13.2 Å². The van der Waals surface area contributed by atoms with Crippen LogP contribution in [0.4, 0.5) is 0 Å². The first kappa shape index (κ1) is 71.1. The SMILES string of the molecule is CCCCCCCCCCCCCCCCCCCCCCCCCCCCCCCCC(=O)NC(COC1OC(CO)C(O)C(OS(=O)(=O)O)C1O)C(O)CCCCCCCCCCCCCCCCCCC. The molecule has 0 spiro atoms. The third-order valence-electron chi connectivity index (χ3n) is 15.7. The summed E-state index contributed by atoms with van der Waals surface area (Å²) in [4.78, 5) is 13.2. The lowest BCUT2D eigenvalue weighted by Crippen LogP contribution is -2.61. The Hall–Kier alpha value is -0.900. The van der Waals surface area contributed by atoms with Gasteiger partial charge in [-0.05, 0) is 12.8 Å². The van der Waals surface area contributed by atoms with Gasteiger partial charge in [0.05, 0.1) is 25.4 Å². The number of nitrogens with one attached hydrogen (secondary N) is 1. The predicted octanol–water partition coefficient (Wildman–Crippen LogP) is 15.6. The fourth-order valence-electron chi connectivity index (χ4n) is 10.8. The number of aliphatic hydroxyl groups excluding tert-OH is 4. The fourth-order valence-corrected chi connectivity index (χ4v) is 11.3. The second kappa shape index (κ2) is 51.5. The molecule has 442 valence electrons. The average Bonchev–Trinajstić information content (AvgIpc) is 3.38. The third kappa shape index (κ3) is 43.0. The van der Waals surface area contributed by atoms with Gasteiger partial charge in [-0.15, -0.1) is 0 Å². The van der Waals surface area contributed by atoms with Crippen molar-refractivity contribution in [1.29, 1.82) is 0 Å². The van der Waals surface area contributed by atoms with Crippen molar-refractivity contribution >= 4 is 16.3 Å². The highest BCUT2D eigenvalue weighted by atomic mass is 32.3. The molecule has 12 nitrogen and oxygen atoms in total. The lowest BCUT2D eigenvalue weighted by atomic mass is 9.99. The van der Waals surface area contributed by atoms with Crippen LogP contribution in [0.15, 0.2) is 0 Å². The Morgan fingerprint density at radius 2 is 0.784 bits per heavy atom. The molecule has 0 aromatic heterocycles. The lowest BCUT2D eigenvalue weighted by molar-refractivity contribution is -0.298.